The number of allylic oxidation sites excluding steroid dienone is 1. The van der Waals surface area contributed by atoms with Crippen molar-refractivity contribution >= 4 is 17.9 Å². The number of likely N-dealkylation sites (tertiary alicyclic amines) is 2. The minimum absolute atomic E-state index is 0.00835. The third kappa shape index (κ3) is 5.25. The lowest BCUT2D eigenvalue weighted by Gasteiger charge is -2.35. The molecule has 2 heterocycles. The maximum atomic E-state index is 12.9. The lowest BCUT2D eigenvalue weighted by Crippen LogP contribution is -2.53. The van der Waals surface area contributed by atoms with Crippen LogP contribution in [0.1, 0.15) is 41.0 Å². The molecule has 0 unspecified atom stereocenters. The van der Waals surface area contributed by atoms with Gasteiger partial charge in [0.25, 0.3) is 0 Å². The molecule has 8 nitrogen and oxygen atoms in total. The lowest BCUT2D eigenvalue weighted by molar-refractivity contribution is -0.138. The molecule has 0 spiro atoms. The number of fused-ring (bicyclic) bond motifs is 2. The predicted octanol–water partition coefficient (Wildman–Crippen LogP) is 1.65. The second-order valence-electron chi connectivity index (χ2n) is 8.41. The Kier molecular flexibility index (Phi) is 7.09. The first-order valence-electron chi connectivity index (χ1n) is 9.77. The van der Waals surface area contributed by atoms with E-state index in [9.17, 15) is 14.4 Å². The quantitative estimate of drug-likeness (QED) is 0.639. The summed E-state index contributed by atoms with van der Waals surface area (Å²) in [4.78, 5) is 42.8. The van der Waals surface area contributed by atoms with Gasteiger partial charge in [0.1, 0.15) is 12.1 Å². The zero-order valence-electron chi connectivity index (χ0n) is 17.9. The highest BCUT2D eigenvalue weighted by atomic mass is 16.6. The van der Waals surface area contributed by atoms with Gasteiger partial charge in [-0.15, -0.1) is 0 Å². The van der Waals surface area contributed by atoms with Crippen LogP contribution in [0, 0.1) is 0 Å². The van der Waals surface area contributed by atoms with E-state index >= 15 is 0 Å². The zero-order chi connectivity index (χ0) is 21.1. The maximum Gasteiger partial charge on any atom is 0.410 e. The fourth-order valence-corrected chi connectivity index (χ4v) is 3.59. The first-order chi connectivity index (χ1) is 13.1. The van der Waals surface area contributed by atoms with Crippen LogP contribution in [-0.4, -0.2) is 90.2 Å². The highest BCUT2D eigenvalue weighted by molar-refractivity contribution is 5.93. The summed E-state index contributed by atoms with van der Waals surface area (Å²) in [5.41, 5.74) is 0.0880. The number of ether oxygens (including phenoxy) is 2. The number of amides is 3. The van der Waals surface area contributed by atoms with Crippen molar-refractivity contribution in [1.82, 2.24) is 14.7 Å². The fourth-order valence-electron chi connectivity index (χ4n) is 3.59. The Bertz CT molecular complexity index is 640. The van der Waals surface area contributed by atoms with Crippen LogP contribution in [0.3, 0.4) is 0 Å². The topological polar surface area (TPSA) is 79.4 Å². The van der Waals surface area contributed by atoms with E-state index in [1.807, 2.05) is 24.8 Å². The van der Waals surface area contributed by atoms with Gasteiger partial charge in [-0.1, -0.05) is 6.08 Å². The molecule has 0 aliphatic carbocycles. The summed E-state index contributed by atoms with van der Waals surface area (Å²) in [5.74, 6) is -0.0816. The van der Waals surface area contributed by atoms with Gasteiger partial charge in [0, 0.05) is 32.3 Å². The van der Waals surface area contributed by atoms with E-state index < -0.39 is 11.7 Å². The smallest absolute Gasteiger partial charge is 0.410 e. The molecule has 2 rings (SSSR count). The number of piperazine rings is 1. The fraction of sp³-hybridized carbons (Fsp3) is 0.750. The van der Waals surface area contributed by atoms with E-state index in [2.05, 4.69) is 0 Å². The standard InChI is InChI=1S/C20H33N3O5/c1-7-14(2)18(25)23-12-15-10-16(23)11-22(15)17(24)13-21(8-9-27-6)19(26)28-20(3,4)5/h7,15-16H,8-13H2,1-6H3/b14-7+/t15-,16-/m0/s1. The van der Waals surface area contributed by atoms with Gasteiger partial charge in [-0.3, -0.25) is 14.5 Å². The molecule has 158 valence electrons. The molecule has 2 aliphatic rings. The van der Waals surface area contributed by atoms with Crippen molar-refractivity contribution in [3.05, 3.63) is 11.6 Å². The number of rotatable bonds is 6. The molecule has 0 saturated carbocycles. The molecule has 0 aromatic carbocycles. The number of nitrogens with zero attached hydrogens (tertiary/aromatic N) is 3. The molecule has 2 saturated heterocycles. The largest absolute Gasteiger partial charge is 0.444 e. The highest BCUT2D eigenvalue weighted by Gasteiger charge is 2.47. The summed E-state index contributed by atoms with van der Waals surface area (Å²) in [6.45, 7) is 10.6. The van der Waals surface area contributed by atoms with E-state index in [-0.39, 0.29) is 37.0 Å². The number of carbonyl (C=O) groups excluding carboxylic acids is 3. The molecule has 2 fully saturated rings. The van der Waals surface area contributed by atoms with Crippen LogP contribution >= 0.6 is 0 Å². The van der Waals surface area contributed by atoms with Crippen molar-refractivity contribution < 1.29 is 23.9 Å². The van der Waals surface area contributed by atoms with Gasteiger partial charge in [-0.2, -0.15) is 0 Å². The zero-order valence-corrected chi connectivity index (χ0v) is 17.9. The summed E-state index contributed by atoms with van der Waals surface area (Å²) in [6, 6.07) is 0.0549. The van der Waals surface area contributed by atoms with Crippen molar-refractivity contribution in [1.29, 1.82) is 0 Å². The number of carbonyl (C=O) groups is 3. The molecule has 2 aliphatic heterocycles. The molecule has 28 heavy (non-hydrogen) atoms. The Morgan fingerprint density at radius 3 is 2.25 bits per heavy atom. The second-order valence-corrected chi connectivity index (χ2v) is 8.41. The summed E-state index contributed by atoms with van der Waals surface area (Å²) in [5, 5.41) is 0. The normalized spacial score (nSPS) is 21.9. The predicted molar refractivity (Wildman–Crippen MR) is 105 cm³/mol. The minimum Gasteiger partial charge on any atom is -0.444 e. The summed E-state index contributed by atoms with van der Waals surface area (Å²) >= 11 is 0. The van der Waals surface area contributed by atoms with E-state index in [4.69, 9.17) is 9.47 Å². The van der Waals surface area contributed by atoms with E-state index in [1.165, 1.54) is 4.90 Å². The van der Waals surface area contributed by atoms with Gasteiger partial charge in [0.05, 0.1) is 18.7 Å². The van der Waals surface area contributed by atoms with Gasteiger partial charge < -0.3 is 19.3 Å². The molecule has 2 atom stereocenters. The van der Waals surface area contributed by atoms with Crippen molar-refractivity contribution in [2.75, 3.05) is 39.9 Å². The molecule has 0 radical (unpaired) electrons. The SMILES string of the molecule is C/C=C(\C)C(=O)N1C[C@@H]2C[C@H]1CN2C(=O)CN(CCOC)C(=O)OC(C)(C)C. The number of hydrogen-bond acceptors (Lipinski definition) is 5. The van der Waals surface area contributed by atoms with Gasteiger partial charge >= 0.3 is 6.09 Å². The average molecular weight is 396 g/mol. The summed E-state index contributed by atoms with van der Waals surface area (Å²) < 4.78 is 10.5. The third-order valence-corrected chi connectivity index (χ3v) is 5.14. The van der Waals surface area contributed by atoms with Crippen LogP contribution in [0.25, 0.3) is 0 Å². The highest BCUT2D eigenvalue weighted by Crippen LogP contribution is 2.31. The lowest BCUT2D eigenvalue weighted by atomic mass is 10.2. The maximum absolute atomic E-state index is 12.9. The van der Waals surface area contributed by atoms with Crippen LogP contribution in [0.4, 0.5) is 4.79 Å². The van der Waals surface area contributed by atoms with Crippen LogP contribution in [0.5, 0.6) is 0 Å². The summed E-state index contributed by atoms with van der Waals surface area (Å²) in [6.07, 6.45) is 2.08. The molecule has 3 amide bonds. The minimum atomic E-state index is -0.635. The Labute approximate surface area is 167 Å². The Hall–Kier alpha value is -2.09. The molecule has 0 N–H and O–H groups in total. The molecular formula is C20H33N3O5. The molecular weight excluding hydrogens is 362 g/mol. The van der Waals surface area contributed by atoms with Crippen LogP contribution < -0.4 is 0 Å². The van der Waals surface area contributed by atoms with Gasteiger partial charge in [0.2, 0.25) is 11.8 Å². The third-order valence-electron chi connectivity index (χ3n) is 5.14. The van der Waals surface area contributed by atoms with Crippen LogP contribution in [0.2, 0.25) is 0 Å². The molecule has 0 aromatic heterocycles. The first-order valence-corrected chi connectivity index (χ1v) is 9.77. The summed E-state index contributed by atoms with van der Waals surface area (Å²) in [7, 11) is 1.55. The average Bonchev–Trinajstić information content (AvgIpc) is 3.22. The van der Waals surface area contributed by atoms with Gasteiger partial charge in [-0.25, -0.2) is 4.79 Å². The Balaban J connectivity index is 1.98. The van der Waals surface area contributed by atoms with Crippen molar-refractivity contribution in [3.8, 4) is 0 Å². The second kappa shape index (κ2) is 8.94. The Morgan fingerprint density at radius 1 is 1.14 bits per heavy atom. The van der Waals surface area contributed by atoms with Gasteiger partial charge in [0.15, 0.2) is 0 Å². The number of hydrogen-bond donors (Lipinski definition) is 0. The monoisotopic (exact) mass is 395 g/mol. The van der Waals surface area contributed by atoms with E-state index in [0.717, 1.165) is 12.0 Å². The van der Waals surface area contributed by atoms with Crippen LogP contribution in [-0.2, 0) is 19.1 Å². The first kappa shape index (κ1) is 22.2. The molecule has 2 bridgehead atoms. The van der Waals surface area contributed by atoms with Crippen molar-refractivity contribution in [2.45, 2.75) is 58.7 Å². The molecule has 0 aromatic rings. The van der Waals surface area contributed by atoms with E-state index in [1.54, 1.807) is 32.8 Å². The molecule has 8 heteroatoms. The Morgan fingerprint density at radius 2 is 1.75 bits per heavy atom. The van der Waals surface area contributed by atoms with Crippen LogP contribution in [0.15, 0.2) is 11.6 Å². The van der Waals surface area contributed by atoms with Gasteiger partial charge in [-0.05, 0) is 41.0 Å². The number of methoxy groups -OCH3 is 1. The van der Waals surface area contributed by atoms with E-state index in [0.29, 0.717) is 19.7 Å². The van der Waals surface area contributed by atoms with Crippen molar-refractivity contribution in [2.24, 2.45) is 0 Å². The van der Waals surface area contributed by atoms with Crippen molar-refractivity contribution in [3.63, 3.8) is 0 Å².